The van der Waals surface area contributed by atoms with Crippen LogP contribution in [0.25, 0.3) is 0 Å². The first-order chi connectivity index (χ1) is 10.4. The number of amides is 1. The van der Waals surface area contributed by atoms with Gasteiger partial charge in [-0.1, -0.05) is 12.1 Å². The molecule has 22 heavy (non-hydrogen) atoms. The topological polar surface area (TPSA) is 112 Å². The lowest BCUT2D eigenvalue weighted by atomic mass is 10.1. The van der Waals surface area contributed by atoms with Crippen molar-refractivity contribution < 1.29 is 19.6 Å². The van der Waals surface area contributed by atoms with Crippen molar-refractivity contribution in [2.75, 3.05) is 5.32 Å². The van der Waals surface area contributed by atoms with Crippen molar-refractivity contribution in [2.45, 2.75) is 6.92 Å². The molecule has 0 aliphatic carbocycles. The van der Waals surface area contributed by atoms with Crippen LogP contribution in [0.4, 0.5) is 11.4 Å². The van der Waals surface area contributed by atoms with Crippen LogP contribution >= 0.6 is 0 Å². The number of carbonyl (C=O) groups excluding carboxylic acids is 2. The van der Waals surface area contributed by atoms with Crippen LogP contribution in [0, 0.1) is 17.0 Å². The monoisotopic (exact) mass is 299 g/mol. The zero-order valence-corrected chi connectivity index (χ0v) is 11.5. The molecule has 2 rings (SSSR count). The molecule has 0 bridgehead atoms. The molecule has 0 saturated heterocycles. The second-order valence-electron chi connectivity index (χ2n) is 4.58. The first-order valence-electron chi connectivity index (χ1n) is 6.26. The average molecular weight is 299 g/mol. The van der Waals surface area contributed by atoms with Crippen molar-refractivity contribution >= 4 is 23.3 Å². The van der Waals surface area contributed by atoms with Gasteiger partial charge in [0.1, 0.15) is 0 Å². The first-order valence-corrected chi connectivity index (χ1v) is 6.26. The van der Waals surface area contributed by atoms with E-state index in [1.807, 2.05) is 0 Å². The third-order valence-electron chi connectivity index (χ3n) is 3.01. The summed E-state index contributed by atoms with van der Waals surface area (Å²) in [6, 6.07) is 9.61. The van der Waals surface area contributed by atoms with E-state index in [1.165, 1.54) is 49.4 Å². The van der Waals surface area contributed by atoms with Crippen LogP contribution in [-0.2, 0) is 0 Å². The third kappa shape index (κ3) is 3.26. The summed E-state index contributed by atoms with van der Waals surface area (Å²) in [7, 11) is 0. The van der Waals surface area contributed by atoms with Gasteiger partial charge in [-0.15, -0.1) is 0 Å². The fraction of sp³-hybridized carbons (Fsp3) is 0.0667. The van der Waals surface area contributed by atoms with Crippen molar-refractivity contribution in [3.63, 3.8) is 0 Å². The smallest absolute Gasteiger partial charge is 0.272 e. The summed E-state index contributed by atoms with van der Waals surface area (Å²) >= 11 is 0. The van der Waals surface area contributed by atoms with E-state index in [9.17, 15) is 24.8 Å². The van der Waals surface area contributed by atoms with Crippen LogP contribution in [0.5, 0.6) is 0 Å². The molecule has 0 aliphatic heterocycles. The Labute approximate surface area is 125 Å². The molecule has 2 aromatic carbocycles. The lowest BCUT2D eigenvalue weighted by Gasteiger charge is -2.08. The fourth-order valence-electron chi connectivity index (χ4n) is 1.93. The van der Waals surface area contributed by atoms with Crippen molar-refractivity contribution in [1.82, 2.24) is 0 Å². The van der Waals surface area contributed by atoms with E-state index in [1.54, 1.807) is 0 Å². The molecule has 0 radical (unpaired) electrons. The molecule has 0 aromatic heterocycles. The van der Waals surface area contributed by atoms with Gasteiger partial charge in [-0.25, -0.2) is 0 Å². The number of aromatic carboxylic acids is 1. The second-order valence-corrected chi connectivity index (χ2v) is 4.58. The quantitative estimate of drug-likeness (QED) is 0.679. The number of hydrogen-bond acceptors (Lipinski definition) is 5. The van der Waals surface area contributed by atoms with Gasteiger partial charge in [-0.2, -0.15) is 0 Å². The Bertz CT molecular complexity index is 770. The molecule has 0 saturated carbocycles. The number of rotatable bonds is 4. The highest BCUT2D eigenvalue weighted by molar-refractivity contribution is 6.05. The SMILES string of the molecule is Cc1cc(C(=O)Nc2cccc(C(=O)[O-])c2)ccc1[N+](=O)[O-]. The van der Waals surface area contributed by atoms with Crippen molar-refractivity contribution in [2.24, 2.45) is 0 Å². The van der Waals surface area contributed by atoms with Gasteiger partial charge < -0.3 is 15.2 Å². The average Bonchev–Trinajstić information content (AvgIpc) is 2.46. The second kappa shape index (κ2) is 6.04. The summed E-state index contributed by atoms with van der Waals surface area (Å²) in [6.45, 7) is 1.53. The molecule has 0 atom stereocenters. The first kappa shape index (κ1) is 15.2. The molecule has 0 fully saturated rings. The Kier molecular flexibility index (Phi) is 4.17. The Balaban J connectivity index is 2.22. The zero-order chi connectivity index (χ0) is 16.3. The Morgan fingerprint density at radius 2 is 1.82 bits per heavy atom. The number of carboxylic acid groups (broad SMARTS) is 1. The van der Waals surface area contributed by atoms with Gasteiger partial charge in [0.2, 0.25) is 0 Å². The molecule has 1 N–H and O–H groups in total. The molecular weight excluding hydrogens is 288 g/mol. The standard InChI is InChI=1S/C15H12N2O5/c1-9-7-10(5-6-13(9)17(21)22)14(18)16-12-4-2-3-11(8-12)15(19)20/h2-8H,1H3,(H,16,18)(H,19,20)/p-1. The normalized spacial score (nSPS) is 10.0. The lowest BCUT2D eigenvalue weighted by molar-refractivity contribution is -0.385. The molecule has 112 valence electrons. The van der Waals surface area contributed by atoms with E-state index < -0.39 is 16.8 Å². The predicted octanol–water partition coefficient (Wildman–Crippen LogP) is 1.52. The maximum Gasteiger partial charge on any atom is 0.272 e. The predicted molar refractivity (Wildman–Crippen MR) is 76.6 cm³/mol. The van der Waals surface area contributed by atoms with Gasteiger partial charge in [0.25, 0.3) is 11.6 Å². The van der Waals surface area contributed by atoms with Crippen LogP contribution in [0.3, 0.4) is 0 Å². The fourth-order valence-corrected chi connectivity index (χ4v) is 1.93. The van der Waals surface area contributed by atoms with E-state index in [0.717, 1.165) is 0 Å². The van der Waals surface area contributed by atoms with Crippen LogP contribution in [0.2, 0.25) is 0 Å². The van der Waals surface area contributed by atoms with E-state index >= 15 is 0 Å². The molecule has 1 amide bonds. The summed E-state index contributed by atoms with van der Waals surface area (Å²) in [5.74, 6) is -1.84. The third-order valence-corrected chi connectivity index (χ3v) is 3.01. The highest BCUT2D eigenvalue weighted by atomic mass is 16.6. The molecule has 0 heterocycles. The number of nitrogens with zero attached hydrogens (tertiary/aromatic N) is 1. The van der Waals surface area contributed by atoms with Crippen LogP contribution in [0.1, 0.15) is 26.3 Å². The van der Waals surface area contributed by atoms with Gasteiger partial charge in [-0.3, -0.25) is 14.9 Å². The Morgan fingerprint density at radius 1 is 1.09 bits per heavy atom. The number of aryl methyl sites for hydroxylation is 1. The van der Waals surface area contributed by atoms with E-state index in [-0.39, 0.29) is 16.8 Å². The van der Waals surface area contributed by atoms with E-state index in [0.29, 0.717) is 11.3 Å². The van der Waals surface area contributed by atoms with Gasteiger partial charge in [-0.05, 0) is 36.8 Å². The minimum atomic E-state index is -1.35. The van der Waals surface area contributed by atoms with E-state index in [2.05, 4.69) is 5.32 Å². The Morgan fingerprint density at radius 3 is 2.41 bits per heavy atom. The van der Waals surface area contributed by atoms with Crippen LogP contribution in [-0.4, -0.2) is 16.8 Å². The number of nitro groups is 1. The van der Waals surface area contributed by atoms with Crippen LogP contribution < -0.4 is 10.4 Å². The number of hydrogen-bond donors (Lipinski definition) is 1. The zero-order valence-electron chi connectivity index (χ0n) is 11.5. The van der Waals surface area contributed by atoms with Crippen molar-refractivity contribution in [3.8, 4) is 0 Å². The van der Waals surface area contributed by atoms with Crippen molar-refractivity contribution in [1.29, 1.82) is 0 Å². The largest absolute Gasteiger partial charge is 0.545 e. The molecule has 0 aliphatic rings. The van der Waals surface area contributed by atoms with Crippen molar-refractivity contribution in [3.05, 3.63) is 69.3 Å². The summed E-state index contributed by atoms with van der Waals surface area (Å²) in [5.41, 5.74) is 0.763. The van der Waals surface area contributed by atoms with E-state index in [4.69, 9.17) is 0 Å². The number of anilines is 1. The van der Waals surface area contributed by atoms with Gasteiger partial charge >= 0.3 is 0 Å². The molecule has 0 spiro atoms. The number of carbonyl (C=O) groups is 2. The number of nitro benzene ring substituents is 1. The molecule has 7 nitrogen and oxygen atoms in total. The van der Waals surface area contributed by atoms with Crippen LogP contribution in [0.15, 0.2) is 42.5 Å². The van der Waals surface area contributed by atoms with Gasteiger partial charge in [0, 0.05) is 22.9 Å². The molecule has 7 heteroatoms. The maximum atomic E-state index is 12.1. The number of benzene rings is 2. The molecule has 2 aromatic rings. The minimum absolute atomic E-state index is 0.0577. The minimum Gasteiger partial charge on any atom is -0.545 e. The lowest BCUT2D eigenvalue weighted by Crippen LogP contribution is -2.22. The summed E-state index contributed by atoms with van der Waals surface area (Å²) in [4.78, 5) is 33.1. The summed E-state index contributed by atoms with van der Waals surface area (Å²) in [6.07, 6.45) is 0. The highest BCUT2D eigenvalue weighted by Crippen LogP contribution is 2.20. The number of nitrogens with one attached hydrogen (secondary N) is 1. The number of carboxylic acids is 1. The molecule has 0 unspecified atom stereocenters. The molecular formula is C15H11N2O5-. The summed E-state index contributed by atoms with van der Waals surface area (Å²) in [5, 5.41) is 24.0. The Hall–Kier alpha value is -3.22. The highest BCUT2D eigenvalue weighted by Gasteiger charge is 2.14. The maximum absolute atomic E-state index is 12.1. The van der Waals surface area contributed by atoms with Gasteiger partial charge in [0.15, 0.2) is 0 Å². The summed E-state index contributed by atoms with van der Waals surface area (Å²) < 4.78 is 0. The van der Waals surface area contributed by atoms with Gasteiger partial charge in [0.05, 0.1) is 10.9 Å².